The Morgan fingerprint density at radius 3 is 0.852 bits per heavy atom. The molecule has 27 heavy (non-hydrogen) atoms. The van der Waals surface area contributed by atoms with Crippen molar-refractivity contribution in [2.24, 2.45) is 0 Å². The molecule has 0 aliphatic heterocycles. The van der Waals surface area contributed by atoms with Crippen molar-refractivity contribution in [3.05, 3.63) is 0 Å². The van der Waals surface area contributed by atoms with Crippen molar-refractivity contribution in [1.82, 2.24) is 0 Å². The predicted octanol–water partition coefficient (Wildman–Crippen LogP) is 2.29. The van der Waals surface area contributed by atoms with Crippen LogP contribution in [0.3, 0.4) is 0 Å². The molecule has 0 aliphatic carbocycles. The minimum atomic E-state index is -2.57. The molecule has 0 aromatic carbocycles. The molecule has 11 heteroatoms. The molecular formula is C16H42O7Si4. The van der Waals surface area contributed by atoms with Crippen LogP contribution in [-0.4, -0.2) is 84.4 Å². The summed E-state index contributed by atoms with van der Waals surface area (Å²) in [5.74, 6) is 0. The molecule has 0 rings (SSSR count). The van der Waals surface area contributed by atoms with E-state index in [-0.39, 0.29) is 16.6 Å². The largest absolute Gasteiger partial charge is 0.422 e. The molecule has 0 saturated carbocycles. The molecule has 3 unspecified atom stereocenters. The Kier molecular flexibility index (Phi) is 10.8. The Balaban J connectivity index is 6.78. The third-order valence-corrected chi connectivity index (χ3v) is 18.8. The fraction of sp³-hybridized carbons (Fsp3) is 1.00. The molecule has 0 aromatic heterocycles. The monoisotopic (exact) mass is 458 g/mol. The van der Waals surface area contributed by atoms with E-state index < -0.39 is 31.3 Å². The van der Waals surface area contributed by atoms with E-state index in [9.17, 15) is 0 Å². The Bertz CT molecular complexity index is 383. The SMILES string of the molecule is CO[Si](C)(OC)C(C)C(O[SiH3])(C(C)[Si](C)(OC)OC)C(C)[Si](C)(OC)OC. The molecule has 0 aliphatic rings. The first-order chi connectivity index (χ1) is 12.4. The van der Waals surface area contributed by atoms with Crippen LogP contribution < -0.4 is 0 Å². The standard InChI is InChI=1S/C16H42O7Si4/c1-13(25(10,17-4)18-5)16(23-24,14(2)26(11,19-6)20-7)15(3)27(12,21-8)22-9/h13-15H,1-12,24H3. The molecule has 0 heterocycles. The summed E-state index contributed by atoms with van der Waals surface area (Å²) in [6.07, 6.45) is 0. The topological polar surface area (TPSA) is 64.6 Å². The van der Waals surface area contributed by atoms with Gasteiger partial charge in [0.15, 0.2) is 0 Å². The van der Waals surface area contributed by atoms with E-state index in [1.807, 2.05) is 0 Å². The van der Waals surface area contributed by atoms with Crippen molar-refractivity contribution in [3.8, 4) is 0 Å². The summed E-state index contributed by atoms with van der Waals surface area (Å²) in [5.41, 5.74) is -0.676. The zero-order chi connectivity index (χ0) is 21.7. The fourth-order valence-corrected chi connectivity index (χ4v) is 13.4. The van der Waals surface area contributed by atoms with Crippen LogP contribution in [0.4, 0.5) is 0 Å². The molecule has 3 atom stereocenters. The summed E-state index contributed by atoms with van der Waals surface area (Å²) < 4.78 is 42.2. The lowest BCUT2D eigenvalue weighted by Gasteiger charge is -2.56. The van der Waals surface area contributed by atoms with Crippen LogP contribution in [0.1, 0.15) is 20.8 Å². The highest BCUT2D eigenvalue weighted by Crippen LogP contribution is 2.56. The van der Waals surface area contributed by atoms with Gasteiger partial charge in [-0.05, 0) is 19.6 Å². The maximum atomic E-state index is 6.54. The molecule has 0 N–H and O–H groups in total. The predicted molar refractivity (Wildman–Crippen MR) is 119 cm³/mol. The zero-order valence-electron chi connectivity index (χ0n) is 19.6. The second-order valence-corrected chi connectivity index (χ2v) is 19.0. The van der Waals surface area contributed by atoms with Crippen molar-refractivity contribution in [3.63, 3.8) is 0 Å². The zero-order valence-corrected chi connectivity index (χ0v) is 24.6. The molecule has 0 spiro atoms. The van der Waals surface area contributed by atoms with E-state index in [4.69, 9.17) is 31.0 Å². The van der Waals surface area contributed by atoms with Crippen LogP contribution in [0.15, 0.2) is 0 Å². The van der Waals surface area contributed by atoms with E-state index >= 15 is 0 Å². The first kappa shape index (κ1) is 27.6. The number of hydrogen-bond donors (Lipinski definition) is 0. The molecule has 0 fully saturated rings. The van der Waals surface area contributed by atoms with Gasteiger partial charge in [0, 0.05) is 59.3 Å². The lowest BCUT2D eigenvalue weighted by molar-refractivity contribution is 0.0178. The van der Waals surface area contributed by atoms with Crippen LogP contribution in [0.5, 0.6) is 0 Å². The van der Waals surface area contributed by atoms with E-state index in [2.05, 4.69) is 40.4 Å². The first-order valence-electron chi connectivity index (χ1n) is 9.25. The summed E-state index contributed by atoms with van der Waals surface area (Å²) in [6, 6.07) is 0. The minimum Gasteiger partial charge on any atom is -0.422 e. The van der Waals surface area contributed by atoms with Crippen molar-refractivity contribution in [1.29, 1.82) is 0 Å². The van der Waals surface area contributed by atoms with Gasteiger partial charge in [0.05, 0.1) is 5.60 Å². The van der Waals surface area contributed by atoms with Crippen LogP contribution in [0.2, 0.25) is 36.3 Å². The normalized spacial score (nSPS) is 19.6. The van der Waals surface area contributed by atoms with Gasteiger partial charge in [0.1, 0.15) is 10.5 Å². The van der Waals surface area contributed by atoms with Crippen LogP contribution in [0, 0.1) is 0 Å². The van der Waals surface area contributed by atoms with Gasteiger partial charge in [-0.1, -0.05) is 20.8 Å². The van der Waals surface area contributed by atoms with Crippen molar-refractivity contribution in [2.45, 2.75) is 62.6 Å². The summed E-state index contributed by atoms with van der Waals surface area (Å²) in [7, 11) is 3.11. The quantitative estimate of drug-likeness (QED) is 0.392. The van der Waals surface area contributed by atoms with Gasteiger partial charge in [-0.25, -0.2) is 0 Å². The highest BCUT2D eigenvalue weighted by Gasteiger charge is 2.65. The Morgan fingerprint density at radius 1 is 0.556 bits per heavy atom. The number of rotatable bonds is 13. The van der Waals surface area contributed by atoms with Crippen LogP contribution in [-0.2, 0) is 31.0 Å². The van der Waals surface area contributed by atoms with Crippen molar-refractivity contribution in [2.75, 3.05) is 42.7 Å². The Labute approximate surface area is 172 Å². The molecule has 164 valence electrons. The third-order valence-electron chi connectivity index (χ3n) is 7.18. The molecule has 0 aromatic rings. The van der Waals surface area contributed by atoms with E-state index in [0.29, 0.717) is 10.5 Å². The maximum absolute atomic E-state index is 6.54. The molecule has 0 saturated heterocycles. The average molecular weight is 459 g/mol. The molecule has 0 radical (unpaired) electrons. The van der Waals surface area contributed by atoms with Gasteiger partial charge in [-0.15, -0.1) is 0 Å². The second-order valence-electron chi connectivity index (χ2n) is 7.50. The lowest BCUT2D eigenvalue weighted by atomic mass is 9.92. The van der Waals surface area contributed by atoms with Crippen LogP contribution in [0.25, 0.3) is 0 Å². The average Bonchev–Trinajstić information content (AvgIpc) is 2.72. The summed E-state index contributed by atoms with van der Waals surface area (Å²) in [4.78, 5) is 0. The molecule has 7 nitrogen and oxygen atoms in total. The van der Waals surface area contributed by atoms with E-state index in [1.165, 1.54) is 0 Å². The summed E-state index contributed by atoms with van der Waals surface area (Å²) >= 11 is 0. The number of hydrogen-bond acceptors (Lipinski definition) is 7. The van der Waals surface area contributed by atoms with Crippen LogP contribution >= 0.6 is 0 Å². The highest BCUT2D eigenvalue weighted by atomic mass is 28.4. The van der Waals surface area contributed by atoms with Gasteiger partial charge in [0.25, 0.3) is 0 Å². The van der Waals surface area contributed by atoms with Gasteiger partial charge in [0.2, 0.25) is 0 Å². The first-order valence-corrected chi connectivity index (χ1v) is 17.2. The summed E-state index contributed by atoms with van der Waals surface area (Å²) in [5, 5.41) is 0. The second kappa shape index (κ2) is 10.6. The molecular weight excluding hydrogens is 417 g/mol. The lowest BCUT2D eigenvalue weighted by Crippen LogP contribution is -2.65. The van der Waals surface area contributed by atoms with Crippen molar-refractivity contribution >= 4 is 36.2 Å². The van der Waals surface area contributed by atoms with Gasteiger partial charge < -0.3 is 31.0 Å². The van der Waals surface area contributed by atoms with E-state index in [0.717, 1.165) is 0 Å². The van der Waals surface area contributed by atoms with E-state index in [1.54, 1.807) is 42.7 Å². The summed E-state index contributed by atoms with van der Waals surface area (Å²) in [6.45, 7) is 12.7. The fourth-order valence-electron chi connectivity index (χ4n) is 4.20. The molecule has 0 amide bonds. The maximum Gasteiger partial charge on any atom is 0.340 e. The Hall–Kier alpha value is 0.588. The third kappa shape index (κ3) is 4.85. The van der Waals surface area contributed by atoms with Gasteiger partial charge >= 0.3 is 25.7 Å². The highest BCUT2D eigenvalue weighted by molar-refractivity contribution is 6.72. The smallest absolute Gasteiger partial charge is 0.340 e. The minimum absolute atomic E-state index is 0.0169. The molecule has 0 bridgehead atoms. The van der Waals surface area contributed by atoms with Crippen molar-refractivity contribution < 1.29 is 31.0 Å². The Morgan fingerprint density at radius 2 is 0.741 bits per heavy atom. The van der Waals surface area contributed by atoms with Gasteiger partial charge in [-0.3, -0.25) is 0 Å². The van der Waals surface area contributed by atoms with Gasteiger partial charge in [-0.2, -0.15) is 0 Å².